The van der Waals surface area contributed by atoms with Gasteiger partial charge in [-0.2, -0.15) is 0 Å². The fraction of sp³-hybridized carbons (Fsp3) is 0.435. The van der Waals surface area contributed by atoms with Crippen molar-refractivity contribution in [1.82, 2.24) is 4.90 Å². The predicted octanol–water partition coefficient (Wildman–Crippen LogP) is 4.26. The minimum Gasteiger partial charge on any atom is -0.512 e. The molecule has 2 atom stereocenters. The van der Waals surface area contributed by atoms with E-state index in [1.807, 2.05) is 36.4 Å². The molecule has 0 amide bonds. The molecular formula is C23H27NO3. The molecule has 0 spiro atoms. The summed E-state index contributed by atoms with van der Waals surface area (Å²) in [6, 6.07) is 9.97. The number of likely N-dealkylation sites (tertiary alicyclic amines) is 1. The van der Waals surface area contributed by atoms with Crippen LogP contribution in [0.2, 0.25) is 0 Å². The Morgan fingerprint density at radius 3 is 2.56 bits per heavy atom. The van der Waals surface area contributed by atoms with E-state index in [9.17, 15) is 9.90 Å². The molecule has 2 unspecified atom stereocenters. The highest BCUT2D eigenvalue weighted by molar-refractivity contribution is 5.99. The summed E-state index contributed by atoms with van der Waals surface area (Å²) in [6.45, 7) is 4.88. The Bertz CT molecular complexity index is 800. The number of rotatable bonds is 4. The predicted molar refractivity (Wildman–Crippen MR) is 106 cm³/mol. The van der Waals surface area contributed by atoms with E-state index in [4.69, 9.17) is 4.74 Å². The van der Waals surface area contributed by atoms with Crippen molar-refractivity contribution in [2.75, 3.05) is 19.6 Å². The molecule has 0 saturated carbocycles. The van der Waals surface area contributed by atoms with Crippen molar-refractivity contribution < 1.29 is 14.6 Å². The van der Waals surface area contributed by atoms with Crippen molar-refractivity contribution in [1.29, 1.82) is 0 Å². The number of fused-ring (bicyclic) bond motifs is 1. The molecule has 142 valence electrons. The number of esters is 1. The first-order valence-electron chi connectivity index (χ1n) is 10.0. The number of hydrogen-bond acceptors (Lipinski definition) is 4. The van der Waals surface area contributed by atoms with Crippen LogP contribution in [0, 0.1) is 5.92 Å². The fourth-order valence-electron chi connectivity index (χ4n) is 4.43. The molecule has 1 fully saturated rings. The van der Waals surface area contributed by atoms with Gasteiger partial charge in [-0.05, 0) is 55.1 Å². The lowest BCUT2D eigenvalue weighted by Crippen LogP contribution is -2.44. The lowest BCUT2D eigenvalue weighted by atomic mass is 9.78. The molecule has 1 N–H and O–H groups in total. The quantitative estimate of drug-likeness (QED) is 0.810. The van der Waals surface area contributed by atoms with Gasteiger partial charge in [0.25, 0.3) is 0 Å². The lowest BCUT2D eigenvalue weighted by Gasteiger charge is -2.39. The van der Waals surface area contributed by atoms with Crippen LogP contribution in [0.4, 0.5) is 0 Å². The molecule has 1 aromatic carbocycles. The number of ether oxygens (including phenoxy) is 1. The van der Waals surface area contributed by atoms with Crippen LogP contribution < -0.4 is 0 Å². The molecule has 27 heavy (non-hydrogen) atoms. The van der Waals surface area contributed by atoms with Gasteiger partial charge in [0, 0.05) is 18.2 Å². The molecule has 3 aliphatic rings. The summed E-state index contributed by atoms with van der Waals surface area (Å²) in [6.07, 6.45) is 7.61. The first-order valence-corrected chi connectivity index (χ1v) is 10.0. The van der Waals surface area contributed by atoms with Crippen molar-refractivity contribution in [2.24, 2.45) is 5.92 Å². The molecule has 4 nitrogen and oxygen atoms in total. The summed E-state index contributed by atoms with van der Waals surface area (Å²) in [7, 11) is 0. The Kier molecular flexibility index (Phi) is 5.17. The maximum Gasteiger partial charge on any atom is 0.332 e. The highest BCUT2D eigenvalue weighted by atomic mass is 16.5. The number of aliphatic hydroxyl groups is 1. The highest BCUT2D eigenvalue weighted by Gasteiger charge is 2.40. The van der Waals surface area contributed by atoms with Gasteiger partial charge in [0.1, 0.15) is 11.9 Å². The van der Waals surface area contributed by atoms with Gasteiger partial charge < -0.3 is 14.7 Å². The third-order valence-corrected chi connectivity index (χ3v) is 5.87. The number of benzene rings is 1. The van der Waals surface area contributed by atoms with Crippen LogP contribution in [0.1, 0.15) is 38.2 Å². The smallest absolute Gasteiger partial charge is 0.332 e. The number of piperidine rings is 1. The van der Waals surface area contributed by atoms with Gasteiger partial charge in [-0.1, -0.05) is 43.7 Å². The van der Waals surface area contributed by atoms with Gasteiger partial charge in [0.05, 0.1) is 5.92 Å². The van der Waals surface area contributed by atoms with Crippen LogP contribution in [0.15, 0.2) is 59.4 Å². The Balaban J connectivity index is 1.72. The van der Waals surface area contributed by atoms with Gasteiger partial charge in [0.15, 0.2) is 0 Å². The minimum absolute atomic E-state index is 0.200. The molecule has 2 heterocycles. The molecule has 2 aliphatic heterocycles. The van der Waals surface area contributed by atoms with Crippen molar-refractivity contribution in [3.8, 4) is 0 Å². The number of nitrogens with zero attached hydrogens (tertiary/aromatic N) is 1. The van der Waals surface area contributed by atoms with E-state index in [1.54, 1.807) is 6.08 Å². The van der Waals surface area contributed by atoms with Gasteiger partial charge in [-0.25, -0.2) is 4.79 Å². The third kappa shape index (κ3) is 3.59. The van der Waals surface area contributed by atoms with E-state index in [0.717, 1.165) is 48.3 Å². The lowest BCUT2D eigenvalue weighted by molar-refractivity contribution is -0.144. The van der Waals surface area contributed by atoms with E-state index in [0.29, 0.717) is 5.76 Å². The molecule has 0 aromatic heterocycles. The van der Waals surface area contributed by atoms with Gasteiger partial charge in [0.2, 0.25) is 0 Å². The normalized spacial score (nSPS) is 26.2. The number of carbonyl (C=O) groups excluding carboxylic acids is 1. The second-order valence-electron chi connectivity index (χ2n) is 7.61. The van der Waals surface area contributed by atoms with Crippen molar-refractivity contribution >= 4 is 11.5 Å². The number of aliphatic hydroxyl groups excluding tert-OH is 1. The SMILES string of the molecule is CCC1=C(O)C(CN2CCCCC2)C2OC(=O)C=C(c3ccccc3)C2=C1. The fourth-order valence-corrected chi connectivity index (χ4v) is 4.43. The average Bonchev–Trinajstić information content (AvgIpc) is 2.71. The summed E-state index contributed by atoms with van der Waals surface area (Å²) in [4.78, 5) is 14.8. The van der Waals surface area contributed by atoms with Crippen molar-refractivity contribution in [3.63, 3.8) is 0 Å². The van der Waals surface area contributed by atoms with Crippen molar-refractivity contribution in [2.45, 2.75) is 38.7 Å². The highest BCUT2D eigenvalue weighted by Crippen LogP contribution is 2.41. The second-order valence-corrected chi connectivity index (χ2v) is 7.61. The largest absolute Gasteiger partial charge is 0.512 e. The molecule has 0 radical (unpaired) electrons. The summed E-state index contributed by atoms with van der Waals surface area (Å²) < 4.78 is 5.75. The van der Waals surface area contributed by atoms with Crippen LogP contribution in [0.3, 0.4) is 0 Å². The van der Waals surface area contributed by atoms with E-state index in [1.165, 1.54) is 19.3 Å². The zero-order chi connectivity index (χ0) is 18.8. The summed E-state index contributed by atoms with van der Waals surface area (Å²) in [5.41, 5.74) is 3.89. The molecule has 4 heteroatoms. The topological polar surface area (TPSA) is 49.8 Å². The Morgan fingerprint density at radius 1 is 1.11 bits per heavy atom. The van der Waals surface area contributed by atoms with E-state index < -0.39 is 6.10 Å². The van der Waals surface area contributed by atoms with Gasteiger partial charge in [-0.3, -0.25) is 0 Å². The number of carbonyl (C=O) groups is 1. The van der Waals surface area contributed by atoms with Crippen LogP contribution in [-0.4, -0.2) is 41.7 Å². The monoisotopic (exact) mass is 365 g/mol. The van der Waals surface area contributed by atoms with Crippen LogP contribution in [0.5, 0.6) is 0 Å². The molecule has 4 rings (SSSR count). The average molecular weight is 365 g/mol. The summed E-state index contributed by atoms with van der Waals surface area (Å²) >= 11 is 0. The maximum atomic E-state index is 12.4. The second kappa shape index (κ2) is 7.73. The van der Waals surface area contributed by atoms with Crippen LogP contribution in [-0.2, 0) is 9.53 Å². The first-order chi connectivity index (χ1) is 13.2. The minimum atomic E-state index is -0.421. The standard InChI is InChI=1S/C23H27NO3/c1-2-16-13-19-18(17-9-5-3-6-10-17)14-21(25)27-23(19)20(22(16)26)15-24-11-7-4-8-12-24/h3,5-6,9-10,13-14,20,23,26H,2,4,7-8,11-12,15H2,1H3. The Labute approximate surface area is 160 Å². The number of allylic oxidation sites excluding steroid dienone is 2. The third-order valence-electron chi connectivity index (χ3n) is 5.87. The summed E-state index contributed by atoms with van der Waals surface area (Å²) in [5, 5.41) is 10.9. The molecule has 1 aliphatic carbocycles. The molecule has 1 aromatic rings. The Hall–Kier alpha value is -2.33. The first kappa shape index (κ1) is 18.1. The Morgan fingerprint density at radius 2 is 1.85 bits per heavy atom. The maximum absolute atomic E-state index is 12.4. The van der Waals surface area contributed by atoms with E-state index in [2.05, 4.69) is 11.8 Å². The molecule has 0 bridgehead atoms. The van der Waals surface area contributed by atoms with Gasteiger partial charge >= 0.3 is 5.97 Å². The molecular weight excluding hydrogens is 338 g/mol. The van der Waals surface area contributed by atoms with Crippen LogP contribution >= 0.6 is 0 Å². The zero-order valence-electron chi connectivity index (χ0n) is 15.9. The van der Waals surface area contributed by atoms with Crippen LogP contribution in [0.25, 0.3) is 5.57 Å². The zero-order valence-corrected chi connectivity index (χ0v) is 15.9. The van der Waals surface area contributed by atoms with Crippen molar-refractivity contribution in [3.05, 3.63) is 65.0 Å². The van der Waals surface area contributed by atoms with E-state index in [-0.39, 0.29) is 11.9 Å². The number of hydrogen-bond donors (Lipinski definition) is 1. The van der Waals surface area contributed by atoms with Gasteiger partial charge in [-0.15, -0.1) is 0 Å². The van der Waals surface area contributed by atoms with E-state index >= 15 is 0 Å². The molecule has 1 saturated heterocycles. The summed E-state index contributed by atoms with van der Waals surface area (Å²) in [5.74, 6) is -0.138.